The molecule has 1 fully saturated rings. The van der Waals surface area contributed by atoms with E-state index in [2.05, 4.69) is 21.8 Å². The maximum Gasteiger partial charge on any atom is 0.268 e. The highest BCUT2D eigenvalue weighted by molar-refractivity contribution is 6.14. The molecule has 3 rings (SSSR count). The van der Waals surface area contributed by atoms with E-state index in [-0.39, 0.29) is 11.2 Å². The molecule has 136 valence electrons. The number of aromatic amines is 1. The topological polar surface area (TPSA) is 102 Å². The predicted molar refractivity (Wildman–Crippen MR) is 102 cm³/mol. The average Bonchev–Trinajstić information content (AvgIpc) is 2.60. The van der Waals surface area contributed by atoms with Gasteiger partial charge in [-0.3, -0.25) is 9.78 Å². The van der Waals surface area contributed by atoms with Crippen LogP contribution in [0, 0.1) is 11.3 Å². The van der Waals surface area contributed by atoms with E-state index < -0.39 is 11.1 Å². The summed E-state index contributed by atoms with van der Waals surface area (Å²) in [6.07, 6.45) is 3.14. The lowest BCUT2D eigenvalue weighted by molar-refractivity contribution is -0.0132. The number of hydrogen-bond acceptors (Lipinski definition) is 6. The first-order valence-electron chi connectivity index (χ1n) is 8.67. The summed E-state index contributed by atoms with van der Waals surface area (Å²) in [5.74, 6) is 0. The van der Waals surface area contributed by atoms with Crippen molar-refractivity contribution in [1.82, 2.24) is 9.97 Å². The van der Waals surface area contributed by atoms with Gasteiger partial charge in [0, 0.05) is 25.6 Å². The number of methoxy groups -OCH3 is 1. The second kappa shape index (κ2) is 6.42. The summed E-state index contributed by atoms with van der Waals surface area (Å²) < 4.78 is 5.59. The highest BCUT2D eigenvalue weighted by atomic mass is 16.5. The smallest absolute Gasteiger partial charge is 0.268 e. The molecule has 1 aliphatic heterocycles. The number of ether oxygens (including phenoxy) is 1. The van der Waals surface area contributed by atoms with E-state index in [0.29, 0.717) is 35.4 Å². The normalized spacial score (nSPS) is 19.1. The molecule has 26 heavy (non-hydrogen) atoms. The molecule has 0 aliphatic carbocycles. The Balaban J connectivity index is 2.19. The Bertz CT molecular complexity index is 934. The van der Waals surface area contributed by atoms with Crippen LogP contribution in [-0.2, 0) is 10.2 Å². The van der Waals surface area contributed by atoms with Gasteiger partial charge in [-0.25, -0.2) is 0 Å². The first-order valence-corrected chi connectivity index (χ1v) is 8.67. The Labute approximate surface area is 153 Å². The number of nitrogens with zero attached hydrogens (tertiary/aromatic N) is 3. The van der Waals surface area contributed by atoms with Crippen molar-refractivity contribution in [2.45, 2.75) is 37.8 Å². The number of nitrogens with one attached hydrogen (secondary N) is 1. The summed E-state index contributed by atoms with van der Waals surface area (Å²) in [7, 11) is 3.36. The molecule has 0 spiro atoms. The second-order valence-electron chi connectivity index (χ2n) is 7.60. The number of piperidine rings is 1. The van der Waals surface area contributed by atoms with Crippen LogP contribution >= 0.6 is 0 Å². The standard InChI is InChI=1S/C18H23BN4O3/c1-17(26-3)4-6-23(7-5-17)15-11-8-14(18(2,19)25)21-10-13(11)22-16(24)12(15)9-20/h8,10,25H,4-7,19H2,1-3H3,(H,22,24)/t18-/m0/s1. The molecule has 1 atom stereocenters. The van der Waals surface area contributed by atoms with Crippen molar-refractivity contribution in [3.8, 4) is 6.07 Å². The lowest BCUT2D eigenvalue weighted by Gasteiger charge is -2.40. The van der Waals surface area contributed by atoms with Crippen LogP contribution in [0.25, 0.3) is 10.9 Å². The fourth-order valence-electron chi connectivity index (χ4n) is 3.35. The number of nitriles is 1. The van der Waals surface area contributed by atoms with Crippen LogP contribution in [0.2, 0.25) is 0 Å². The highest BCUT2D eigenvalue weighted by Crippen LogP contribution is 2.34. The number of H-pyrrole nitrogens is 1. The van der Waals surface area contributed by atoms with Gasteiger partial charge in [0.25, 0.3) is 5.56 Å². The molecule has 2 aromatic heterocycles. The minimum atomic E-state index is -1.12. The zero-order chi connectivity index (χ0) is 19.1. The van der Waals surface area contributed by atoms with Crippen LogP contribution in [0.3, 0.4) is 0 Å². The number of fused-ring (bicyclic) bond motifs is 1. The fourth-order valence-corrected chi connectivity index (χ4v) is 3.35. The fraction of sp³-hybridized carbons (Fsp3) is 0.500. The van der Waals surface area contributed by atoms with Gasteiger partial charge < -0.3 is 19.7 Å². The third kappa shape index (κ3) is 3.20. The van der Waals surface area contributed by atoms with Crippen molar-refractivity contribution in [2.24, 2.45) is 0 Å². The van der Waals surface area contributed by atoms with Gasteiger partial charge >= 0.3 is 0 Å². The zero-order valence-electron chi connectivity index (χ0n) is 15.6. The Hall–Kier alpha value is -2.37. The van der Waals surface area contributed by atoms with E-state index in [1.807, 2.05) is 6.07 Å². The van der Waals surface area contributed by atoms with Gasteiger partial charge in [0.1, 0.15) is 11.6 Å². The van der Waals surface area contributed by atoms with Crippen molar-refractivity contribution in [1.29, 1.82) is 5.26 Å². The summed E-state index contributed by atoms with van der Waals surface area (Å²) in [6, 6.07) is 3.80. The van der Waals surface area contributed by atoms with Gasteiger partial charge in [0.15, 0.2) is 7.85 Å². The van der Waals surface area contributed by atoms with Crippen molar-refractivity contribution in [3.63, 3.8) is 0 Å². The van der Waals surface area contributed by atoms with Crippen LogP contribution in [0.1, 0.15) is 37.9 Å². The Kier molecular flexibility index (Phi) is 4.55. The molecule has 0 amide bonds. The number of anilines is 1. The van der Waals surface area contributed by atoms with Crippen LogP contribution in [0.4, 0.5) is 5.69 Å². The molecule has 7 nitrogen and oxygen atoms in total. The predicted octanol–water partition coefficient (Wildman–Crippen LogP) is 0.598. The largest absolute Gasteiger partial charge is 0.393 e. The third-order valence-electron chi connectivity index (χ3n) is 5.24. The molecule has 2 N–H and O–H groups in total. The highest BCUT2D eigenvalue weighted by Gasteiger charge is 2.32. The van der Waals surface area contributed by atoms with Gasteiger partial charge in [-0.05, 0) is 32.8 Å². The summed E-state index contributed by atoms with van der Waals surface area (Å²) in [6.45, 7) is 5.08. The lowest BCUT2D eigenvalue weighted by atomic mass is 9.80. The Morgan fingerprint density at radius 1 is 1.50 bits per heavy atom. The average molecular weight is 354 g/mol. The van der Waals surface area contributed by atoms with Gasteiger partial charge in [-0.1, -0.05) is 0 Å². The molecule has 0 radical (unpaired) electrons. The van der Waals surface area contributed by atoms with Crippen molar-refractivity contribution in [2.75, 3.05) is 25.1 Å². The first kappa shape index (κ1) is 18.4. The van der Waals surface area contributed by atoms with E-state index in [1.54, 1.807) is 27.9 Å². The third-order valence-corrected chi connectivity index (χ3v) is 5.24. The van der Waals surface area contributed by atoms with Crippen molar-refractivity contribution in [3.05, 3.63) is 33.9 Å². The second-order valence-corrected chi connectivity index (χ2v) is 7.60. The van der Waals surface area contributed by atoms with E-state index >= 15 is 0 Å². The number of aliphatic hydroxyl groups is 1. The molecule has 0 unspecified atom stereocenters. The number of aromatic nitrogens is 2. The number of rotatable bonds is 3. The molecule has 8 heteroatoms. The Morgan fingerprint density at radius 2 is 2.15 bits per heavy atom. The minimum Gasteiger partial charge on any atom is -0.393 e. The quantitative estimate of drug-likeness (QED) is 0.783. The molecule has 0 bridgehead atoms. The van der Waals surface area contributed by atoms with Crippen LogP contribution in [0.15, 0.2) is 17.1 Å². The van der Waals surface area contributed by atoms with Gasteiger partial charge in [-0.15, -0.1) is 0 Å². The molecular weight excluding hydrogens is 331 g/mol. The molecule has 0 aromatic carbocycles. The van der Waals surface area contributed by atoms with Crippen molar-refractivity contribution >= 4 is 24.4 Å². The maximum absolute atomic E-state index is 12.4. The summed E-state index contributed by atoms with van der Waals surface area (Å²) in [4.78, 5) is 21.4. The molecule has 2 aromatic rings. The van der Waals surface area contributed by atoms with E-state index in [0.717, 1.165) is 12.8 Å². The van der Waals surface area contributed by atoms with E-state index in [9.17, 15) is 15.2 Å². The Morgan fingerprint density at radius 3 is 2.69 bits per heavy atom. The van der Waals surface area contributed by atoms with Crippen LogP contribution in [0.5, 0.6) is 0 Å². The van der Waals surface area contributed by atoms with Gasteiger partial charge in [-0.2, -0.15) is 5.26 Å². The van der Waals surface area contributed by atoms with Gasteiger partial charge in [0.2, 0.25) is 0 Å². The monoisotopic (exact) mass is 354 g/mol. The first-order chi connectivity index (χ1) is 12.2. The molecular formula is C18H23BN4O3. The molecule has 1 aliphatic rings. The van der Waals surface area contributed by atoms with Crippen molar-refractivity contribution < 1.29 is 9.84 Å². The zero-order valence-corrected chi connectivity index (χ0v) is 15.6. The van der Waals surface area contributed by atoms with Crippen LogP contribution in [-0.4, -0.2) is 48.7 Å². The minimum absolute atomic E-state index is 0.0893. The summed E-state index contributed by atoms with van der Waals surface area (Å²) in [5, 5.41) is 20.6. The summed E-state index contributed by atoms with van der Waals surface area (Å²) in [5.41, 5.74) is 0.00000806. The number of pyridine rings is 2. The molecule has 0 saturated carbocycles. The van der Waals surface area contributed by atoms with E-state index in [4.69, 9.17) is 4.74 Å². The number of hydrogen-bond donors (Lipinski definition) is 2. The van der Waals surface area contributed by atoms with Gasteiger partial charge in [0.05, 0.1) is 34.2 Å². The van der Waals surface area contributed by atoms with Crippen LogP contribution < -0.4 is 10.5 Å². The maximum atomic E-state index is 12.4. The molecule has 1 saturated heterocycles. The van der Waals surface area contributed by atoms with E-state index in [1.165, 1.54) is 6.20 Å². The molecule has 3 heterocycles. The summed E-state index contributed by atoms with van der Waals surface area (Å²) >= 11 is 0. The SMILES string of the molecule is B[C@@](C)(O)c1cc2c(N3CCC(C)(OC)CC3)c(C#N)c(=O)[nH]c2cn1. The lowest BCUT2D eigenvalue weighted by Crippen LogP contribution is -2.44.